The van der Waals surface area contributed by atoms with E-state index in [1.165, 1.54) is 11.8 Å². The molecule has 0 aliphatic heterocycles. The lowest BCUT2D eigenvalue weighted by molar-refractivity contribution is -0.147. The summed E-state index contributed by atoms with van der Waals surface area (Å²) < 4.78 is 0. The van der Waals surface area contributed by atoms with E-state index < -0.39 is 30.3 Å². The Morgan fingerprint density at radius 3 is 2.32 bits per heavy atom. The van der Waals surface area contributed by atoms with Gasteiger partial charge in [-0.3, -0.25) is 9.59 Å². The first-order valence-corrected chi connectivity index (χ1v) is 6.39. The van der Waals surface area contributed by atoms with Crippen molar-refractivity contribution < 1.29 is 24.6 Å². The first-order chi connectivity index (χ1) is 8.99. The van der Waals surface area contributed by atoms with Gasteiger partial charge in [0.1, 0.15) is 6.04 Å². The highest BCUT2D eigenvalue weighted by atomic mass is 32.2. The van der Waals surface area contributed by atoms with E-state index in [1.807, 2.05) is 30.3 Å². The molecule has 19 heavy (non-hydrogen) atoms. The zero-order chi connectivity index (χ0) is 14.3. The summed E-state index contributed by atoms with van der Waals surface area (Å²) in [5.74, 6) is -3.11. The van der Waals surface area contributed by atoms with Crippen LogP contribution in [-0.2, 0) is 14.4 Å². The highest BCUT2D eigenvalue weighted by Gasteiger charge is 2.22. The minimum absolute atomic E-state index is 0.0351. The van der Waals surface area contributed by atoms with Gasteiger partial charge in [-0.2, -0.15) is 0 Å². The zero-order valence-corrected chi connectivity index (χ0v) is 10.7. The Labute approximate surface area is 113 Å². The number of thioether (sulfide) groups is 1. The highest BCUT2D eigenvalue weighted by Crippen LogP contribution is 2.16. The van der Waals surface area contributed by atoms with Gasteiger partial charge in [-0.05, 0) is 12.1 Å². The fourth-order valence-electron chi connectivity index (χ4n) is 1.28. The van der Waals surface area contributed by atoms with Gasteiger partial charge in [0.25, 0.3) is 0 Å². The summed E-state index contributed by atoms with van der Waals surface area (Å²) in [6, 6.07) is 7.74. The Balaban J connectivity index is 2.45. The Hall–Kier alpha value is -2.02. The first kappa shape index (κ1) is 15.0. The van der Waals surface area contributed by atoms with E-state index in [9.17, 15) is 14.4 Å². The van der Waals surface area contributed by atoms with Gasteiger partial charge in [-0.1, -0.05) is 18.2 Å². The van der Waals surface area contributed by atoms with Crippen LogP contribution in [0.4, 0.5) is 0 Å². The number of benzene rings is 1. The summed E-state index contributed by atoms with van der Waals surface area (Å²) in [4.78, 5) is 33.6. The van der Waals surface area contributed by atoms with Crippen molar-refractivity contribution in [3.05, 3.63) is 30.3 Å². The van der Waals surface area contributed by atoms with Crippen molar-refractivity contribution in [2.75, 3.05) is 5.75 Å². The maximum absolute atomic E-state index is 11.5. The van der Waals surface area contributed by atoms with E-state index in [2.05, 4.69) is 5.32 Å². The summed E-state index contributed by atoms with van der Waals surface area (Å²) in [7, 11) is 0. The maximum Gasteiger partial charge on any atom is 0.326 e. The Bertz CT molecular complexity index is 462. The largest absolute Gasteiger partial charge is 0.481 e. The van der Waals surface area contributed by atoms with Crippen LogP contribution >= 0.6 is 11.8 Å². The van der Waals surface area contributed by atoms with E-state index >= 15 is 0 Å². The van der Waals surface area contributed by atoms with Crippen LogP contribution in [0, 0.1) is 0 Å². The molecule has 1 aromatic carbocycles. The molecule has 1 amide bonds. The van der Waals surface area contributed by atoms with Gasteiger partial charge >= 0.3 is 11.9 Å². The number of carbonyl (C=O) groups is 3. The molecule has 0 saturated heterocycles. The van der Waals surface area contributed by atoms with Crippen molar-refractivity contribution in [3.63, 3.8) is 0 Å². The van der Waals surface area contributed by atoms with Crippen LogP contribution in [-0.4, -0.2) is 39.9 Å². The Kier molecular flexibility index (Phi) is 5.87. The number of nitrogens with one attached hydrogen (secondary N) is 1. The van der Waals surface area contributed by atoms with Gasteiger partial charge in [0.2, 0.25) is 5.91 Å². The zero-order valence-electron chi connectivity index (χ0n) is 9.91. The molecular formula is C12H13NO5S. The van der Waals surface area contributed by atoms with Crippen LogP contribution in [0.15, 0.2) is 35.2 Å². The Morgan fingerprint density at radius 2 is 1.79 bits per heavy atom. The molecule has 1 rings (SSSR count). The van der Waals surface area contributed by atoms with Crippen LogP contribution in [0.2, 0.25) is 0 Å². The topological polar surface area (TPSA) is 104 Å². The predicted molar refractivity (Wildman–Crippen MR) is 69.0 cm³/mol. The lowest BCUT2D eigenvalue weighted by Gasteiger charge is -2.12. The van der Waals surface area contributed by atoms with Crippen LogP contribution in [0.25, 0.3) is 0 Å². The van der Waals surface area contributed by atoms with Crippen molar-refractivity contribution >= 4 is 29.6 Å². The monoisotopic (exact) mass is 283 g/mol. The lowest BCUT2D eigenvalue weighted by Crippen LogP contribution is -2.43. The minimum atomic E-state index is -1.40. The molecule has 0 aliphatic carbocycles. The molecule has 0 unspecified atom stereocenters. The second-order valence-electron chi connectivity index (χ2n) is 3.66. The molecule has 1 atom stereocenters. The van der Waals surface area contributed by atoms with E-state index in [-0.39, 0.29) is 5.75 Å². The first-order valence-electron chi connectivity index (χ1n) is 5.41. The smallest absolute Gasteiger partial charge is 0.326 e. The molecule has 0 aromatic heterocycles. The highest BCUT2D eigenvalue weighted by molar-refractivity contribution is 8.00. The number of amides is 1. The number of aliphatic carboxylic acids is 2. The lowest BCUT2D eigenvalue weighted by atomic mass is 10.2. The molecule has 102 valence electrons. The molecule has 0 heterocycles. The van der Waals surface area contributed by atoms with Crippen molar-refractivity contribution in [3.8, 4) is 0 Å². The summed E-state index contributed by atoms with van der Waals surface area (Å²) >= 11 is 1.25. The van der Waals surface area contributed by atoms with E-state index in [1.54, 1.807) is 0 Å². The number of carboxylic acids is 2. The van der Waals surface area contributed by atoms with Crippen LogP contribution in [0.3, 0.4) is 0 Å². The third-order valence-corrected chi connectivity index (χ3v) is 3.14. The molecular weight excluding hydrogens is 270 g/mol. The standard InChI is InChI=1S/C12H13NO5S/c14-10(7-19-8-4-2-1-3-5-8)13-9(12(17)18)6-11(15)16/h1-5,9H,6-7H2,(H,13,14)(H,15,16)(H,17,18)/t9-/m0/s1. The molecule has 3 N–H and O–H groups in total. The van der Waals surface area contributed by atoms with Crippen molar-refractivity contribution in [1.82, 2.24) is 5.32 Å². The van der Waals surface area contributed by atoms with Crippen molar-refractivity contribution in [2.45, 2.75) is 17.4 Å². The maximum atomic E-state index is 11.5. The van der Waals surface area contributed by atoms with Crippen LogP contribution in [0.1, 0.15) is 6.42 Å². The minimum Gasteiger partial charge on any atom is -0.481 e. The Morgan fingerprint density at radius 1 is 1.16 bits per heavy atom. The molecule has 0 saturated carbocycles. The third kappa shape index (κ3) is 5.91. The molecule has 1 aromatic rings. The number of carboxylic acid groups (broad SMARTS) is 2. The molecule has 0 spiro atoms. The average molecular weight is 283 g/mol. The van der Waals surface area contributed by atoms with E-state index in [0.29, 0.717) is 0 Å². The summed E-state index contributed by atoms with van der Waals surface area (Å²) in [5, 5.41) is 19.5. The molecule has 0 radical (unpaired) electrons. The van der Waals surface area contributed by atoms with Gasteiger partial charge in [0, 0.05) is 4.90 Å². The molecule has 7 heteroatoms. The number of hydrogen-bond acceptors (Lipinski definition) is 4. The number of rotatable bonds is 7. The van der Waals surface area contributed by atoms with E-state index in [0.717, 1.165) is 4.90 Å². The fourth-order valence-corrected chi connectivity index (χ4v) is 2.01. The fraction of sp³-hybridized carbons (Fsp3) is 0.250. The molecule has 0 aliphatic rings. The average Bonchev–Trinajstić information content (AvgIpc) is 2.36. The van der Waals surface area contributed by atoms with Gasteiger partial charge in [0.15, 0.2) is 0 Å². The van der Waals surface area contributed by atoms with Gasteiger partial charge < -0.3 is 15.5 Å². The van der Waals surface area contributed by atoms with Gasteiger partial charge in [-0.15, -0.1) is 11.8 Å². The predicted octanol–water partition coefficient (Wildman–Crippen LogP) is 0.823. The third-order valence-electron chi connectivity index (χ3n) is 2.13. The summed E-state index contributed by atoms with van der Waals surface area (Å²) in [6.45, 7) is 0. The number of hydrogen-bond donors (Lipinski definition) is 3. The van der Waals surface area contributed by atoms with E-state index in [4.69, 9.17) is 10.2 Å². The van der Waals surface area contributed by atoms with Crippen molar-refractivity contribution in [2.24, 2.45) is 0 Å². The summed E-state index contributed by atoms with van der Waals surface area (Å²) in [5.41, 5.74) is 0. The van der Waals surface area contributed by atoms with Gasteiger partial charge in [0.05, 0.1) is 12.2 Å². The normalized spacial score (nSPS) is 11.6. The van der Waals surface area contributed by atoms with Crippen LogP contribution < -0.4 is 5.32 Å². The second-order valence-corrected chi connectivity index (χ2v) is 4.71. The summed E-state index contributed by atoms with van der Waals surface area (Å²) in [6.07, 6.45) is -0.642. The molecule has 6 nitrogen and oxygen atoms in total. The molecule has 0 fully saturated rings. The molecule has 0 bridgehead atoms. The van der Waals surface area contributed by atoms with Crippen molar-refractivity contribution in [1.29, 1.82) is 0 Å². The second kappa shape index (κ2) is 7.42. The quantitative estimate of drug-likeness (QED) is 0.640. The number of carbonyl (C=O) groups excluding carboxylic acids is 1. The SMILES string of the molecule is O=C(O)C[C@H](NC(=O)CSc1ccccc1)C(=O)O. The van der Waals surface area contributed by atoms with Gasteiger partial charge in [-0.25, -0.2) is 4.79 Å². The van der Waals surface area contributed by atoms with Crippen LogP contribution in [0.5, 0.6) is 0 Å².